The molecule has 1 fully saturated rings. The first-order chi connectivity index (χ1) is 11.1. The number of amides is 3. The van der Waals surface area contributed by atoms with E-state index in [1.165, 1.54) is 11.3 Å². The summed E-state index contributed by atoms with van der Waals surface area (Å²) in [5, 5.41) is 2.88. The number of nitrogens with one attached hydrogen (secondary N) is 2. The molecule has 0 aliphatic carbocycles. The van der Waals surface area contributed by atoms with Gasteiger partial charge >= 0.3 is 0 Å². The SMILES string of the molecule is CC[NH+]1CCC[C@H]1CNC(=O)CN1C(=O)c2ccccc2C1=O. The molecule has 2 aliphatic heterocycles. The van der Waals surface area contributed by atoms with Crippen molar-refractivity contribution in [2.45, 2.75) is 25.8 Å². The standard InChI is InChI=1S/C17H21N3O3/c1-2-19-9-5-6-12(19)10-18-15(21)11-20-16(22)13-7-3-4-8-14(13)17(20)23/h3-4,7-8,12H,2,5-6,9-11H2,1H3,(H,18,21)/p+1/t12-/m0/s1. The van der Waals surface area contributed by atoms with Crippen LogP contribution in [0.2, 0.25) is 0 Å². The van der Waals surface area contributed by atoms with Crippen LogP contribution in [0, 0.1) is 0 Å². The first kappa shape index (κ1) is 15.7. The third-order valence-electron chi connectivity index (χ3n) is 4.81. The fourth-order valence-corrected chi connectivity index (χ4v) is 3.51. The molecule has 2 heterocycles. The van der Waals surface area contributed by atoms with E-state index in [2.05, 4.69) is 12.2 Å². The van der Waals surface area contributed by atoms with Gasteiger partial charge in [0.15, 0.2) is 0 Å². The Morgan fingerprint density at radius 1 is 1.26 bits per heavy atom. The lowest BCUT2D eigenvalue weighted by Crippen LogP contribution is -3.14. The molecule has 1 unspecified atom stereocenters. The number of hydrogen-bond acceptors (Lipinski definition) is 3. The van der Waals surface area contributed by atoms with E-state index in [1.54, 1.807) is 24.3 Å². The predicted octanol–water partition coefficient (Wildman–Crippen LogP) is -0.534. The fourth-order valence-electron chi connectivity index (χ4n) is 3.51. The van der Waals surface area contributed by atoms with Crippen molar-refractivity contribution in [1.82, 2.24) is 10.2 Å². The summed E-state index contributed by atoms with van der Waals surface area (Å²) >= 11 is 0. The molecule has 0 radical (unpaired) electrons. The second kappa shape index (κ2) is 6.50. The van der Waals surface area contributed by atoms with E-state index in [-0.39, 0.29) is 24.3 Å². The Bertz CT molecular complexity index is 609. The van der Waals surface area contributed by atoms with E-state index in [4.69, 9.17) is 0 Å². The Balaban J connectivity index is 1.57. The Hall–Kier alpha value is -2.21. The minimum absolute atomic E-state index is 0.208. The molecular formula is C17H22N3O3+. The lowest BCUT2D eigenvalue weighted by Gasteiger charge is -2.21. The predicted molar refractivity (Wildman–Crippen MR) is 84.2 cm³/mol. The van der Waals surface area contributed by atoms with Crippen LogP contribution in [0.5, 0.6) is 0 Å². The number of rotatable bonds is 5. The summed E-state index contributed by atoms with van der Waals surface area (Å²) in [6.07, 6.45) is 2.29. The van der Waals surface area contributed by atoms with Crippen LogP contribution < -0.4 is 10.2 Å². The second-order valence-corrected chi connectivity index (χ2v) is 6.15. The minimum atomic E-state index is -0.387. The van der Waals surface area contributed by atoms with Crippen LogP contribution in [0.3, 0.4) is 0 Å². The molecule has 0 spiro atoms. The smallest absolute Gasteiger partial charge is 0.262 e. The van der Waals surface area contributed by atoms with Crippen LogP contribution >= 0.6 is 0 Å². The van der Waals surface area contributed by atoms with E-state index >= 15 is 0 Å². The second-order valence-electron chi connectivity index (χ2n) is 6.15. The number of quaternary nitrogens is 1. The van der Waals surface area contributed by atoms with E-state index < -0.39 is 0 Å². The van der Waals surface area contributed by atoms with Crippen molar-refractivity contribution in [3.63, 3.8) is 0 Å². The summed E-state index contributed by atoms with van der Waals surface area (Å²) in [5.41, 5.74) is 0.755. The highest BCUT2D eigenvalue weighted by atomic mass is 16.2. The van der Waals surface area contributed by atoms with Gasteiger partial charge in [-0.25, -0.2) is 0 Å². The molecule has 2 atom stereocenters. The van der Waals surface area contributed by atoms with Crippen molar-refractivity contribution in [3.8, 4) is 0 Å². The lowest BCUT2D eigenvalue weighted by atomic mass is 10.1. The van der Waals surface area contributed by atoms with Gasteiger partial charge in [0.05, 0.1) is 30.8 Å². The molecule has 23 heavy (non-hydrogen) atoms. The monoisotopic (exact) mass is 316 g/mol. The maximum Gasteiger partial charge on any atom is 0.262 e. The molecule has 1 aromatic rings. The number of hydrogen-bond donors (Lipinski definition) is 2. The molecule has 6 heteroatoms. The first-order valence-electron chi connectivity index (χ1n) is 8.18. The van der Waals surface area contributed by atoms with Crippen LogP contribution in [0.15, 0.2) is 24.3 Å². The zero-order chi connectivity index (χ0) is 16.4. The highest BCUT2D eigenvalue weighted by molar-refractivity contribution is 6.22. The highest BCUT2D eigenvalue weighted by Gasteiger charge is 2.36. The molecule has 0 saturated carbocycles. The Morgan fingerprint density at radius 3 is 2.52 bits per heavy atom. The van der Waals surface area contributed by atoms with E-state index in [1.807, 2.05) is 0 Å². The van der Waals surface area contributed by atoms with Gasteiger partial charge in [-0.2, -0.15) is 0 Å². The Labute approximate surface area is 135 Å². The van der Waals surface area contributed by atoms with E-state index in [0.717, 1.165) is 24.4 Å². The summed E-state index contributed by atoms with van der Waals surface area (Å²) in [5.74, 6) is -1.05. The van der Waals surface area contributed by atoms with Crippen LogP contribution in [0.4, 0.5) is 0 Å². The van der Waals surface area contributed by atoms with E-state index in [0.29, 0.717) is 23.7 Å². The number of fused-ring (bicyclic) bond motifs is 1. The molecule has 0 bridgehead atoms. The lowest BCUT2D eigenvalue weighted by molar-refractivity contribution is -0.909. The average molecular weight is 316 g/mol. The molecule has 6 nitrogen and oxygen atoms in total. The van der Waals surface area contributed by atoms with Crippen LogP contribution in [-0.4, -0.2) is 54.8 Å². The van der Waals surface area contributed by atoms with Crippen molar-refractivity contribution in [2.24, 2.45) is 0 Å². The number of likely N-dealkylation sites (tertiary alicyclic amines) is 1. The zero-order valence-electron chi connectivity index (χ0n) is 13.3. The number of imide groups is 1. The van der Waals surface area contributed by atoms with Gasteiger partial charge in [0.25, 0.3) is 11.8 Å². The molecular weight excluding hydrogens is 294 g/mol. The van der Waals surface area contributed by atoms with Gasteiger partial charge in [-0.05, 0) is 19.1 Å². The number of carbonyl (C=O) groups excluding carboxylic acids is 3. The highest BCUT2D eigenvalue weighted by Crippen LogP contribution is 2.21. The number of benzene rings is 1. The quantitative estimate of drug-likeness (QED) is 0.717. The Morgan fingerprint density at radius 2 is 1.91 bits per heavy atom. The molecule has 3 rings (SSSR count). The average Bonchev–Trinajstić information content (AvgIpc) is 3.12. The molecule has 1 saturated heterocycles. The van der Waals surface area contributed by atoms with E-state index in [9.17, 15) is 14.4 Å². The minimum Gasteiger partial charge on any atom is -0.349 e. The number of nitrogens with zero attached hydrogens (tertiary/aromatic N) is 1. The summed E-state index contributed by atoms with van der Waals surface area (Å²) < 4.78 is 0. The van der Waals surface area contributed by atoms with Crippen molar-refractivity contribution >= 4 is 17.7 Å². The van der Waals surface area contributed by atoms with Gasteiger partial charge in [0.2, 0.25) is 5.91 Å². The van der Waals surface area contributed by atoms with Crippen molar-refractivity contribution < 1.29 is 19.3 Å². The Kier molecular flexibility index (Phi) is 4.43. The van der Waals surface area contributed by atoms with Gasteiger partial charge < -0.3 is 10.2 Å². The molecule has 3 amide bonds. The fraction of sp³-hybridized carbons (Fsp3) is 0.471. The molecule has 2 aliphatic rings. The summed E-state index contributed by atoms with van der Waals surface area (Å²) in [6, 6.07) is 7.11. The van der Waals surface area contributed by atoms with Crippen LogP contribution in [-0.2, 0) is 4.79 Å². The van der Waals surface area contributed by atoms with Gasteiger partial charge in [-0.15, -0.1) is 0 Å². The molecule has 2 N–H and O–H groups in total. The van der Waals surface area contributed by atoms with Crippen molar-refractivity contribution in [1.29, 1.82) is 0 Å². The summed E-state index contributed by atoms with van der Waals surface area (Å²) in [4.78, 5) is 39.1. The third kappa shape index (κ3) is 2.99. The van der Waals surface area contributed by atoms with Gasteiger partial charge in [-0.3, -0.25) is 19.3 Å². The number of carbonyl (C=O) groups is 3. The third-order valence-corrected chi connectivity index (χ3v) is 4.81. The van der Waals surface area contributed by atoms with Crippen LogP contribution in [0.25, 0.3) is 0 Å². The topological polar surface area (TPSA) is 70.9 Å². The van der Waals surface area contributed by atoms with Gasteiger partial charge in [0.1, 0.15) is 12.6 Å². The number of likely N-dealkylation sites (N-methyl/N-ethyl adjacent to an activating group) is 1. The summed E-state index contributed by atoms with van der Waals surface area (Å²) in [6.45, 7) is 4.74. The van der Waals surface area contributed by atoms with Crippen molar-refractivity contribution in [3.05, 3.63) is 35.4 Å². The molecule has 122 valence electrons. The molecule has 1 aromatic carbocycles. The van der Waals surface area contributed by atoms with Crippen molar-refractivity contribution in [2.75, 3.05) is 26.2 Å². The van der Waals surface area contributed by atoms with Crippen LogP contribution in [0.1, 0.15) is 40.5 Å². The van der Waals surface area contributed by atoms with Gasteiger partial charge in [-0.1, -0.05) is 12.1 Å². The summed E-state index contributed by atoms with van der Waals surface area (Å²) in [7, 11) is 0. The first-order valence-corrected chi connectivity index (χ1v) is 8.18. The zero-order valence-corrected chi connectivity index (χ0v) is 13.3. The maximum absolute atomic E-state index is 12.2. The maximum atomic E-state index is 12.2. The normalized spacial score (nSPS) is 23.3. The van der Waals surface area contributed by atoms with Gasteiger partial charge in [0, 0.05) is 12.8 Å². The molecule has 0 aromatic heterocycles. The largest absolute Gasteiger partial charge is 0.349 e.